The minimum absolute atomic E-state index is 0.150. The van der Waals surface area contributed by atoms with Gasteiger partial charge in [0.2, 0.25) is 0 Å². The van der Waals surface area contributed by atoms with Crippen molar-refractivity contribution in [2.45, 2.75) is 24.9 Å². The van der Waals surface area contributed by atoms with Crippen LogP contribution in [0.2, 0.25) is 0 Å². The van der Waals surface area contributed by atoms with E-state index in [1.807, 2.05) is 36.4 Å². The van der Waals surface area contributed by atoms with E-state index in [4.69, 9.17) is 20.9 Å². The molecular formula is C46H34N2O2. The summed E-state index contributed by atoms with van der Waals surface area (Å²) in [5.74, 6) is 1.84. The molecule has 4 heteroatoms. The Balaban J connectivity index is 1.09. The molecule has 4 nitrogen and oxygen atoms in total. The molecule has 2 aliphatic rings. The molecule has 4 N–H and O–H groups in total. The molecule has 2 atom stereocenters. The Morgan fingerprint density at radius 3 is 1.34 bits per heavy atom. The lowest BCUT2D eigenvalue weighted by Gasteiger charge is -2.26. The Bertz CT molecular complexity index is 2650. The molecule has 0 saturated heterocycles. The van der Waals surface area contributed by atoms with Gasteiger partial charge in [0.25, 0.3) is 0 Å². The first-order chi connectivity index (χ1) is 24.6. The van der Waals surface area contributed by atoms with Crippen LogP contribution in [-0.2, 0) is 12.8 Å². The first kappa shape index (κ1) is 28.2. The monoisotopic (exact) mass is 646 g/mol. The van der Waals surface area contributed by atoms with E-state index in [1.54, 1.807) is 0 Å². The normalized spacial score (nSPS) is 15.8. The van der Waals surface area contributed by atoms with Crippen LogP contribution in [-0.4, -0.2) is 25.3 Å². The molecule has 0 aliphatic carbocycles. The van der Waals surface area contributed by atoms with Crippen molar-refractivity contribution in [3.63, 3.8) is 0 Å². The molecule has 9 aromatic rings. The van der Waals surface area contributed by atoms with Crippen LogP contribution >= 0.6 is 0 Å². The number of nitrogens with two attached hydrogens (primary N) is 2. The van der Waals surface area contributed by atoms with Crippen molar-refractivity contribution in [3.8, 4) is 11.5 Å². The highest BCUT2D eigenvalue weighted by Crippen LogP contribution is 2.50. The second-order valence-electron chi connectivity index (χ2n) is 14.3. The summed E-state index contributed by atoms with van der Waals surface area (Å²) in [5, 5.41) is 15.7. The van der Waals surface area contributed by atoms with E-state index in [0.717, 1.165) is 46.6 Å². The van der Waals surface area contributed by atoms with Crippen molar-refractivity contribution >= 4 is 76.8 Å². The second-order valence-corrected chi connectivity index (χ2v) is 14.3. The minimum Gasteiger partial charge on any atom is -0.489 e. The highest BCUT2D eigenvalue weighted by molar-refractivity contribution is 6.45. The maximum absolute atomic E-state index is 6.99. The predicted octanol–water partition coefficient (Wildman–Crippen LogP) is 9.61. The summed E-state index contributed by atoms with van der Waals surface area (Å²) in [7, 11) is 0. The maximum Gasteiger partial charge on any atom is 0.127 e. The molecule has 9 aromatic carbocycles. The largest absolute Gasteiger partial charge is 0.489 e. The van der Waals surface area contributed by atoms with E-state index < -0.39 is 0 Å². The van der Waals surface area contributed by atoms with Gasteiger partial charge in [-0.1, -0.05) is 97.1 Å². The van der Waals surface area contributed by atoms with Gasteiger partial charge in [-0.05, 0) is 124 Å². The number of hydrogen-bond acceptors (Lipinski definition) is 4. The lowest BCUT2D eigenvalue weighted by atomic mass is 9.79. The zero-order valence-corrected chi connectivity index (χ0v) is 27.5. The molecular weight excluding hydrogens is 613 g/mol. The van der Waals surface area contributed by atoms with Crippen molar-refractivity contribution in [2.24, 2.45) is 11.5 Å². The van der Waals surface area contributed by atoms with Gasteiger partial charge in [-0.25, -0.2) is 0 Å². The predicted molar refractivity (Wildman–Crippen MR) is 208 cm³/mol. The average Bonchev–Trinajstić information content (AvgIpc) is 3.16. The molecule has 0 spiro atoms. The Morgan fingerprint density at radius 2 is 0.860 bits per heavy atom. The van der Waals surface area contributed by atoms with Crippen LogP contribution in [0.15, 0.2) is 120 Å². The molecule has 240 valence electrons. The summed E-state index contributed by atoms with van der Waals surface area (Å²) >= 11 is 0. The van der Waals surface area contributed by atoms with E-state index in [-0.39, 0.29) is 12.1 Å². The molecule has 2 heterocycles. The van der Waals surface area contributed by atoms with Crippen LogP contribution in [0.1, 0.15) is 22.3 Å². The van der Waals surface area contributed by atoms with E-state index in [2.05, 4.69) is 84.9 Å². The molecule has 2 aliphatic heterocycles. The van der Waals surface area contributed by atoms with Crippen molar-refractivity contribution < 1.29 is 9.47 Å². The summed E-state index contributed by atoms with van der Waals surface area (Å²) in [6.07, 6.45) is 5.91. The fraction of sp³-hybridized carbons (Fsp3) is 0.130. The molecule has 0 fully saturated rings. The molecule has 11 rings (SSSR count). The number of hydrogen-bond donors (Lipinski definition) is 2. The first-order valence-electron chi connectivity index (χ1n) is 17.6. The second kappa shape index (κ2) is 10.4. The number of para-hydroxylation sites is 2. The topological polar surface area (TPSA) is 70.5 Å². The molecule has 0 radical (unpaired) electrons. The van der Waals surface area contributed by atoms with Crippen LogP contribution in [0.4, 0.5) is 0 Å². The van der Waals surface area contributed by atoms with Gasteiger partial charge in [-0.15, -0.1) is 0 Å². The molecule has 50 heavy (non-hydrogen) atoms. The average molecular weight is 647 g/mol. The van der Waals surface area contributed by atoms with Gasteiger partial charge in [-0.3, -0.25) is 0 Å². The van der Waals surface area contributed by atoms with E-state index in [0.29, 0.717) is 13.2 Å². The Hall–Kier alpha value is -5.68. The third kappa shape index (κ3) is 4.00. The molecule has 0 saturated carbocycles. The van der Waals surface area contributed by atoms with Crippen molar-refractivity contribution in [1.29, 1.82) is 0 Å². The summed E-state index contributed by atoms with van der Waals surface area (Å²) in [4.78, 5) is 0. The van der Waals surface area contributed by atoms with Gasteiger partial charge >= 0.3 is 0 Å². The van der Waals surface area contributed by atoms with Crippen LogP contribution in [0.5, 0.6) is 11.5 Å². The summed E-state index contributed by atoms with van der Waals surface area (Å²) in [6, 6.07) is 39.3. The van der Waals surface area contributed by atoms with Crippen LogP contribution < -0.4 is 20.9 Å². The van der Waals surface area contributed by atoms with Crippen LogP contribution in [0.3, 0.4) is 0 Å². The van der Waals surface area contributed by atoms with Crippen molar-refractivity contribution in [3.05, 3.63) is 143 Å². The zero-order valence-electron chi connectivity index (χ0n) is 27.5. The van der Waals surface area contributed by atoms with Gasteiger partial charge in [-0.2, -0.15) is 0 Å². The number of benzene rings is 9. The highest BCUT2D eigenvalue weighted by Gasteiger charge is 2.25. The molecule has 2 unspecified atom stereocenters. The van der Waals surface area contributed by atoms with Gasteiger partial charge in [0.15, 0.2) is 0 Å². The first-order valence-corrected chi connectivity index (χ1v) is 17.6. The standard InChI is InChI=1S/C46H34N2O2/c47-37(33-17-27-5-1-3-7-39(27)49-23-33)21-31-19-29-11-9-26-14-16-36-32(22-38(48)34-18-28-6-2-4-8-40(28)50-24-34)20-30-12-10-25-13-15-35(31)45-41(25)44(30)46(36)42(26)43(29)45/h1-20,37-38H,21-24,47-48H2. The maximum atomic E-state index is 6.99. The fourth-order valence-corrected chi connectivity index (χ4v) is 9.00. The van der Waals surface area contributed by atoms with Gasteiger partial charge in [0.05, 0.1) is 0 Å². The zero-order chi connectivity index (χ0) is 33.1. The van der Waals surface area contributed by atoms with Gasteiger partial charge in [0.1, 0.15) is 24.7 Å². The summed E-state index contributed by atoms with van der Waals surface area (Å²) in [6.45, 7) is 1.04. The molecule has 0 amide bonds. The molecule has 0 aromatic heterocycles. The highest BCUT2D eigenvalue weighted by atomic mass is 16.5. The third-order valence-corrected chi connectivity index (χ3v) is 11.4. The van der Waals surface area contributed by atoms with Crippen LogP contribution in [0, 0.1) is 0 Å². The summed E-state index contributed by atoms with van der Waals surface area (Å²) < 4.78 is 12.2. The lowest BCUT2D eigenvalue weighted by Crippen LogP contribution is -2.30. The van der Waals surface area contributed by atoms with E-state index in [1.165, 1.54) is 75.8 Å². The Labute approximate surface area is 289 Å². The van der Waals surface area contributed by atoms with E-state index in [9.17, 15) is 0 Å². The van der Waals surface area contributed by atoms with Gasteiger partial charge in [0, 0.05) is 23.2 Å². The quantitative estimate of drug-likeness (QED) is 0.139. The summed E-state index contributed by atoms with van der Waals surface area (Å²) in [5.41, 5.74) is 21.0. The SMILES string of the molecule is NC(Cc1cc2ccc3ccc4c(CC(N)C5=Cc6ccccc6OC5)cc5ccc6ccc1c1c6c5c4c3c21)C1=Cc2ccccc2OC1. The van der Waals surface area contributed by atoms with E-state index >= 15 is 0 Å². The third-order valence-electron chi connectivity index (χ3n) is 11.4. The van der Waals surface area contributed by atoms with Crippen molar-refractivity contribution in [2.75, 3.05) is 13.2 Å². The molecule has 0 bridgehead atoms. The Kier molecular flexibility index (Phi) is 5.87. The smallest absolute Gasteiger partial charge is 0.127 e. The van der Waals surface area contributed by atoms with Crippen molar-refractivity contribution in [1.82, 2.24) is 0 Å². The van der Waals surface area contributed by atoms with Gasteiger partial charge < -0.3 is 20.9 Å². The minimum atomic E-state index is -0.150. The number of rotatable bonds is 6. The fourth-order valence-electron chi connectivity index (χ4n) is 9.00. The van der Waals surface area contributed by atoms with Crippen LogP contribution in [0.25, 0.3) is 76.8 Å². The number of fused-ring (bicyclic) bond motifs is 2. The Morgan fingerprint density at radius 1 is 0.460 bits per heavy atom. The number of ether oxygens (including phenoxy) is 2. The lowest BCUT2D eigenvalue weighted by molar-refractivity contribution is 0.338.